The van der Waals surface area contributed by atoms with E-state index in [1.165, 1.54) is 12.1 Å². The molecule has 2 atom stereocenters. The number of halogens is 4. The second-order valence-corrected chi connectivity index (χ2v) is 8.36. The molecule has 8 heteroatoms. The van der Waals surface area contributed by atoms with Crippen molar-refractivity contribution in [3.05, 3.63) is 101 Å². The van der Waals surface area contributed by atoms with Crippen LogP contribution in [0.2, 0.25) is 0 Å². The zero-order valence-electron chi connectivity index (χ0n) is 19.0. The van der Waals surface area contributed by atoms with E-state index in [0.717, 1.165) is 36.4 Å². The van der Waals surface area contributed by atoms with E-state index in [2.05, 4.69) is 5.32 Å². The molecule has 0 aliphatic carbocycles. The zero-order valence-corrected chi connectivity index (χ0v) is 19.0. The van der Waals surface area contributed by atoms with Gasteiger partial charge in [-0.25, -0.2) is 4.39 Å². The van der Waals surface area contributed by atoms with Crippen molar-refractivity contribution in [1.82, 2.24) is 0 Å². The molecule has 0 spiro atoms. The van der Waals surface area contributed by atoms with E-state index >= 15 is 0 Å². The van der Waals surface area contributed by atoms with Crippen molar-refractivity contribution in [2.75, 3.05) is 5.32 Å². The van der Waals surface area contributed by atoms with Gasteiger partial charge in [0.2, 0.25) is 5.91 Å². The molecule has 0 aliphatic heterocycles. The quantitative estimate of drug-likeness (QED) is 0.232. The fourth-order valence-corrected chi connectivity index (χ4v) is 3.71. The van der Waals surface area contributed by atoms with E-state index in [1.807, 2.05) is 0 Å². The van der Waals surface area contributed by atoms with Gasteiger partial charge in [0.1, 0.15) is 17.5 Å². The summed E-state index contributed by atoms with van der Waals surface area (Å²) in [7, 11) is 0. The first kappa shape index (κ1) is 25.8. The van der Waals surface area contributed by atoms with Crippen LogP contribution in [0.1, 0.15) is 41.3 Å². The molecular weight excluding hydrogens is 462 g/mol. The molecule has 3 aromatic rings. The minimum Gasteiger partial charge on any atom is -0.325 e. The Morgan fingerprint density at radius 3 is 1.89 bits per heavy atom. The minimum atomic E-state index is -4.60. The van der Waals surface area contributed by atoms with Crippen LogP contribution in [0.15, 0.2) is 78.9 Å². The highest BCUT2D eigenvalue weighted by molar-refractivity contribution is 6.14. The van der Waals surface area contributed by atoms with Gasteiger partial charge in [0.25, 0.3) is 0 Å². The molecular formula is C27H23F4NO3. The Labute approximate surface area is 200 Å². The summed E-state index contributed by atoms with van der Waals surface area (Å²) in [6, 6.07) is 16.6. The number of ketones is 2. The van der Waals surface area contributed by atoms with Crippen LogP contribution < -0.4 is 5.32 Å². The molecule has 0 aliphatic rings. The highest BCUT2D eigenvalue weighted by Crippen LogP contribution is 2.35. The third-order valence-corrected chi connectivity index (χ3v) is 5.54. The Balaban J connectivity index is 2.13. The lowest BCUT2D eigenvalue weighted by Crippen LogP contribution is -2.40. The number of benzene rings is 3. The Morgan fingerprint density at radius 2 is 1.37 bits per heavy atom. The van der Waals surface area contributed by atoms with E-state index in [4.69, 9.17) is 0 Å². The molecule has 1 amide bonds. The Morgan fingerprint density at radius 1 is 0.800 bits per heavy atom. The fraction of sp³-hybridized carbons (Fsp3) is 0.222. The number of nitrogens with one attached hydrogen (secondary N) is 1. The summed E-state index contributed by atoms with van der Waals surface area (Å²) in [6.45, 7) is 3.13. The molecule has 35 heavy (non-hydrogen) atoms. The predicted octanol–water partition coefficient (Wildman–Crippen LogP) is 6.29. The summed E-state index contributed by atoms with van der Waals surface area (Å²) in [5.74, 6) is -6.23. The average molecular weight is 485 g/mol. The highest BCUT2D eigenvalue weighted by Gasteiger charge is 2.41. The van der Waals surface area contributed by atoms with Crippen molar-refractivity contribution in [2.45, 2.75) is 25.9 Å². The van der Waals surface area contributed by atoms with Crippen molar-refractivity contribution < 1.29 is 31.9 Å². The van der Waals surface area contributed by atoms with Gasteiger partial charge in [-0.1, -0.05) is 44.2 Å². The molecule has 0 aromatic heterocycles. The highest BCUT2D eigenvalue weighted by atomic mass is 19.4. The van der Waals surface area contributed by atoms with Crippen molar-refractivity contribution >= 4 is 23.2 Å². The maximum absolute atomic E-state index is 13.6. The Hall–Kier alpha value is -3.81. The molecule has 0 saturated carbocycles. The number of hydrogen-bond donors (Lipinski definition) is 1. The number of carbonyl (C=O) groups excluding carboxylic acids is 3. The molecule has 3 rings (SSSR count). The second-order valence-electron chi connectivity index (χ2n) is 8.36. The van der Waals surface area contributed by atoms with Crippen molar-refractivity contribution in [3.8, 4) is 0 Å². The third kappa shape index (κ3) is 6.20. The van der Waals surface area contributed by atoms with E-state index in [1.54, 1.807) is 44.2 Å². The predicted molar refractivity (Wildman–Crippen MR) is 123 cm³/mol. The fourth-order valence-electron chi connectivity index (χ4n) is 3.71. The lowest BCUT2D eigenvalue weighted by atomic mass is 9.75. The first-order valence-corrected chi connectivity index (χ1v) is 10.9. The van der Waals surface area contributed by atoms with Crippen molar-refractivity contribution in [1.29, 1.82) is 0 Å². The maximum Gasteiger partial charge on any atom is 0.416 e. The maximum atomic E-state index is 13.6. The average Bonchev–Trinajstić information content (AvgIpc) is 2.82. The van der Waals surface area contributed by atoms with Gasteiger partial charge in [-0.2, -0.15) is 13.2 Å². The normalized spacial score (nSPS) is 13.2. The molecule has 0 saturated heterocycles. The lowest BCUT2D eigenvalue weighted by molar-refractivity contribution is -0.138. The number of carbonyl (C=O) groups is 3. The lowest BCUT2D eigenvalue weighted by Gasteiger charge is -2.27. The van der Waals surface area contributed by atoms with Gasteiger partial charge >= 0.3 is 6.18 Å². The number of Topliss-reactive ketones (excluding diaryl/α,β-unsaturated/α-hetero) is 2. The first-order valence-electron chi connectivity index (χ1n) is 10.9. The first-order chi connectivity index (χ1) is 16.5. The number of rotatable bonds is 8. The third-order valence-electron chi connectivity index (χ3n) is 5.54. The van der Waals surface area contributed by atoms with Gasteiger partial charge in [0.05, 0.1) is 11.5 Å². The van der Waals surface area contributed by atoms with Gasteiger partial charge in [0, 0.05) is 17.2 Å². The minimum absolute atomic E-state index is 0.0189. The van der Waals surface area contributed by atoms with Crippen LogP contribution >= 0.6 is 0 Å². The van der Waals surface area contributed by atoms with Gasteiger partial charge in [0.15, 0.2) is 5.78 Å². The van der Waals surface area contributed by atoms with Crippen LogP contribution in [-0.4, -0.2) is 17.5 Å². The summed E-state index contributed by atoms with van der Waals surface area (Å²) < 4.78 is 52.8. The second kappa shape index (κ2) is 10.6. The Bertz CT molecular complexity index is 1190. The van der Waals surface area contributed by atoms with Gasteiger partial charge in [-0.15, -0.1) is 0 Å². The van der Waals surface area contributed by atoms with Crippen molar-refractivity contribution in [2.24, 2.45) is 11.8 Å². The zero-order chi connectivity index (χ0) is 25.8. The monoisotopic (exact) mass is 485 g/mol. The van der Waals surface area contributed by atoms with E-state index in [9.17, 15) is 31.9 Å². The largest absolute Gasteiger partial charge is 0.416 e. The standard InChI is InChI=1S/C27H23F4NO3/c1-16(2)24(33)23(26(35)32-21-6-4-3-5-7-21)22(25(34)18-10-14-20(28)15-11-18)17-8-12-19(13-9-17)27(29,30)31/h3-16,22-23H,1-2H3,(H,32,35). The molecule has 4 nitrogen and oxygen atoms in total. The summed E-state index contributed by atoms with van der Waals surface area (Å²) in [6.07, 6.45) is -4.60. The molecule has 3 aromatic carbocycles. The summed E-state index contributed by atoms with van der Waals surface area (Å²) in [5.41, 5.74) is -0.464. The van der Waals surface area contributed by atoms with Crippen LogP contribution in [0.3, 0.4) is 0 Å². The molecule has 1 N–H and O–H groups in total. The number of anilines is 1. The number of alkyl halides is 3. The summed E-state index contributed by atoms with van der Waals surface area (Å²) in [5, 5.41) is 2.63. The molecule has 0 radical (unpaired) electrons. The smallest absolute Gasteiger partial charge is 0.325 e. The van der Waals surface area contributed by atoms with E-state index in [0.29, 0.717) is 5.69 Å². The number of hydrogen-bond acceptors (Lipinski definition) is 3. The topological polar surface area (TPSA) is 63.2 Å². The van der Waals surface area contributed by atoms with Crippen LogP contribution in [0.25, 0.3) is 0 Å². The molecule has 182 valence electrons. The van der Waals surface area contributed by atoms with Crippen LogP contribution in [0.4, 0.5) is 23.2 Å². The summed E-state index contributed by atoms with van der Waals surface area (Å²) in [4.78, 5) is 40.2. The Kier molecular flexibility index (Phi) is 7.84. The SMILES string of the molecule is CC(C)C(=O)C(C(=O)Nc1ccccc1)C(C(=O)c1ccc(F)cc1)c1ccc(C(F)(F)F)cc1. The van der Waals surface area contributed by atoms with E-state index < -0.39 is 52.8 Å². The van der Waals surface area contributed by atoms with Gasteiger partial charge in [-0.05, 0) is 54.1 Å². The van der Waals surface area contributed by atoms with Crippen molar-refractivity contribution in [3.63, 3.8) is 0 Å². The molecule has 2 unspecified atom stereocenters. The van der Waals surface area contributed by atoms with Gasteiger partial charge < -0.3 is 5.32 Å². The number of amides is 1. The summed E-state index contributed by atoms with van der Waals surface area (Å²) >= 11 is 0. The molecule has 0 bridgehead atoms. The van der Waals surface area contributed by atoms with Crippen LogP contribution in [0.5, 0.6) is 0 Å². The van der Waals surface area contributed by atoms with Gasteiger partial charge in [-0.3, -0.25) is 14.4 Å². The molecule has 0 fully saturated rings. The van der Waals surface area contributed by atoms with Crippen LogP contribution in [0, 0.1) is 17.7 Å². The number of para-hydroxylation sites is 1. The van der Waals surface area contributed by atoms with Crippen LogP contribution in [-0.2, 0) is 15.8 Å². The van der Waals surface area contributed by atoms with E-state index in [-0.39, 0.29) is 11.1 Å². The molecule has 0 heterocycles.